The van der Waals surface area contributed by atoms with Gasteiger partial charge in [-0.2, -0.15) is 0 Å². The second-order valence-corrected chi connectivity index (χ2v) is 4.31. The number of nitrogens with one attached hydrogen (secondary N) is 1. The summed E-state index contributed by atoms with van der Waals surface area (Å²) in [4.78, 5) is 11.4. The zero-order valence-electron chi connectivity index (χ0n) is 10.3. The topological polar surface area (TPSA) is 29.1 Å². The molecular weight excluding hydrogens is 234 g/mol. The molecule has 1 aromatic carbocycles. The Labute approximate surface area is 108 Å². The number of hydrogen-bond acceptors (Lipinski definition) is 1. The normalized spacial score (nSPS) is 11.4. The van der Waals surface area contributed by atoms with Crippen molar-refractivity contribution in [1.82, 2.24) is 5.32 Å². The lowest BCUT2D eigenvalue weighted by molar-refractivity contribution is -0.117. The van der Waals surface area contributed by atoms with Crippen LogP contribution in [0.4, 0.5) is 0 Å². The first kappa shape index (κ1) is 13.8. The molecule has 0 bridgehead atoms. The van der Waals surface area contributed by atoms with Crippen molar-refractivity contribution < 1.29 is 4.79 Å². The third kappa shape index (κ3) is 4.61. The molecule has 1 aromatic rings. The van der Waals surface area contributed by atoms with Gasteiger partial charge in [0.1, 0.15) is 0 Å². The van der Waals surface area contributed by atoms with E-state index < -0.39 is 0 Å². The number of aryl methyl sites for hydroxylation is 1. The molecule has 0 heterocycles. The Morgan fingerprint density at radius 3 is 2.53 bits per heavy atom. The van der Waals surface area contributed by atoms with E-state index in [-0.39, 0.29) is 5.91 Å². The van der Waals surface area contributed by atoms with E-state index >= 15 is 0 Å². The Morgan fingerprint density at radius 1 is 1.35 bits per heavy atom. The van der Waals surface area contributed by atoms with E-state index in [2.05, 4.69) is 5.32 Å². The molecule has 1 amide bonds. The molecular formula is C14H18ClNO. The van der Waals surface area contributed by atoms with E-state index in [1.807, 2.05) is 37.3 Å². The average Bonchev–Trinajstić information content (AvgIpc) is 2.36. The van der Waals surface area contributed by atoms with Crippen LogP contribution in [0.2, 0.25) is 5.02 Å². The number of amides is 1. The van der Waals surface area contributed by atoms with E-state index in [0.29, 0.717) is 0 Å². The Balaban J connectivity index is 2.42. The summed E-state index contributed by atoms with van der Waals surface area (Å²) in [7, 11) is 1.66. The minimum Gasteiger partial charge on any atom is -0.355 e. The minimum absolute atomic E-state index is 0.0172. The summed E-state index contributed by atoms with van der Waals surface area (Å²) in [5, 5.41) is 3.41. The van der Waals surface area contributed by atoms with Gasteiger partial charge >= 0.3 is 0 Å². The smallest absolute Gasteiger partial charge is 0.246 e. The van der Waals surface area contributed by atoms with E-state index in [1.54, 1.807) is 7.05 Å². The number of likely N-dealkylation sites (N-methyl/N-ethyl adjacent to an activating group) is 1. The van der Waals surface area contributed by atoms with Crippen LogP contribution >= 0.6 is 11.6 Å². The van der Waals surface area contributed by atoms with Gasteiger partial charge in [-0.3, -0.25) is 4.79 Å². The fraction of sp³-hybridized carbons (Fsp3) is 0.357. The van der Waals surface area contributed by atoms with Gasteiger partial charge in [0, 0.05) is 17.6 Å². The molecule has 92 valence electrons. The monoisotopic (exact) mass is 251 g/mol. The zero-order valence-corrected chi connectivity index (χ0v) is 11.1. The second-order valence-electron chi connectivity index (χ2n) is 3.87. The Hall–Kier alpha value is -1.28. The molecule has 0 unspecified atom stereocenters. The zero-order chi connectivity index (χ0) is 12.7. The van der Waals surface area contributed by atoms with Gasteiger partial charge < -0.3 is 5.32 Å². The number of rotatable bonds is 5. The number of carbonyl (C=O) groups excluding carboxylic acids is 1. The molecule has 0 spiro atoms. The predicted molar refractivity (Wildman–Crippen MR) is 72.2 cm³/mol. The van der Waals surface area contributed by atoms with Crippen molar-refractivity contribution in [3.63, 3.8) is 0 Å². The Kier molecular flexibility index (Phi) is 5.78. The summed E-state index contributed by atoms with van der Waals surface area (Å²) in [6.07, 6.45) is 4.61. The molecule has 1 rings (SSSR count). The molecule has 0 aliphatic carbocycles. The lowest BCUT2D eigenvalue weighted by Gasteiger charge is -2.05. The fourth-order valence-electron chi connectivity index (χ4n) is 1.68. The quantitative estimate of drug-likeness (QED) is 0.799. The van der Waals surface area contributed by atoms with Crippen molar-refractivity contribution in [3.05, 3.63) is 46.5 Å². The number of hydrogen-bond donors (Lipinski definition) is 1. The molecule has 0 fully saturated rings. The highest BCUT2D eigenvalue weighted by Crippen LogP contribution is 2.13. The number of benzene rings is 1. The van der Waals surface area contributed by atoms with Gasteiger partial charge in [-0.05, 0) is 43.9 Å². The minimum atomic E-state index is 0.0172. The van der Waals surface area contributed by atoms with Crippen LogP contribution in [0.1, 0.15) is 25.3 Å². The van der Waals surface area contributed by atoms with E-state index in [1.165, 1.54) is 5.56 Å². The summed E-state index contributed by atoms with van der Waals surface area (Å²) >= 11 is 5.82. The highest BCUT2D eigenvalue weighted by Gasteiger charge is 2.05. The number of allylic oxidation sites excluding steroid dienone is 1. The van der Waals surface area contributed by atoms with E-state index in [0.717, 1.165) is 29.9 Å². The molecule has 2 nitrogen and oxygen atoms in total. The highest BCUT2D eigenvalue weighted by molar-refractivity contribution is 6.30. The van der Waals surface area contributed by atoms with Gasteiger partial charge in [0.2, 0.25) is 5.91 Å². The Bertz CT molecular complexity index is 395. The van der Waals surface area contributed by atoms with Gasteiger partial charge in [0.05, 0.1) is 0 Å². The summed E-state index contributed by atoms with van der Waals surface area (Å²) in [5.74, 6) is 0.0172. The van der Waals surface area contributed by atoms with Gasteiger partial charge in [0.15, 0.2) is 0 Å². The molecule has 0 radical (unpaired) electrons. The molecule has 1 N–H and O–H groups in total. The fourth-order valence-corrected chi connectivity index (χ4v) is 1.81. The van der Waals surface area contributed by atoms with Crippen molar-refractivity contribution in [2.45, 2.75) is 26.2 Å². The van der Waals surface area contributed by atoms with Crippen LogP contribution in [-0.4, -0.2) is 13.0 Å². The van der Waals surface area contributed by atoms with E-state index in [9.17, 15) is 4.79 Å². The molecule has 0 aliphatic heterocycles. The first-order chi connectivity index (χ1) is 8.17. The molecule has 0 aromatic heterocycles. The lowest BCUT2D eigenvalue weighted by atomic mass is 10.0. The first-order valence-electron chi connectivity index (χ1n) is 5.79. The SMILES string of the molecule is C/C=C(\CCCc1ccc(Cl)cc1)C(=O)NC. The van der Waals surface area contributed by atoms with Gasteiger partial charge in [-0.1, -0.05) is 29.8 Å². The van der Waals surface area contributed by atoms with Crippen LogP contribution in [0, 0.1) is 0 Å². The largest absolute Gasteiger partial charge is 0.355 e. The van der Waals surface area contributed by atoms with Crippen LogP contribution in [0.3, 0.4) is 0 Å². The van der Waals surface area contributed by atoms with Gasteiger partial charge in [-0.15, -0.1) is 0 Å². The third-order valence-electron chi connectivity index (χ3n) is 2.69. The van der Waals surface area contributed by atoms with Crippen LogP contribution in [0.25, 0.3) is 0 Å². The van der Waals surface area contributed by atoms with Crippen molar-refractivity contribution in [2.24, 2.45) is 0 Å². The molecule has 17 heavy (non-hydrogen) atoms. The molecule has 0 saturated carbocycles. The molecule has 0 aliphatic rings. The lowest BCUT2D eigenvalue weighted by Crippen LogP contribution is -2.20. The molecule has 3 heteroatoms. The third-order valence-corrected chi connectivity index (χ3v) is 2.94. The van der Waals surface area contributed by atoms with Crippen LogP contribution in [0.5, 0.6) is 0 Å². The highest BCUT2D eigenvalue weighted by atomic mass is 35.5. The number of carbonyl (C=O) groups is 1. The van der Waals surface area contributed by atoms with Crippen LogP contribution in [0.15, 0.2) is 35.9 Å². The van der Waals surface area contributed by atoms with Crippen molar-refractivity contribution in [1.29, 1.82) is 0 Å². The first-order valence-corrected chi connectivity index (χ1v) is 6.17. The summed E-state index contributed by atoms with van der Waals surface area (Å²) in [6.45, 7) is 1.90. The predicted octanol–water partition coefficient (Wildman–Crippen LogP) is 3.36. The van der Waals surface area contributed by atoms with Crippen LogP contribution < -0.4 is 5.32 Å². The number of halogens is 1. The van der Waals surface area contributed by atoms with Crippen molar-refractivity contribution in [2.75, 3.05) is 7.05 Å². The van der Waals surface area contributed by atoms with Crippen molar-refractivity contribution in [3.8, 4) is 0 Å². The van der Waals surface area contributed by atoms with Gasteiger partial charge in [-0.25, -0.2) is 0 Å². The maximum Gasteiger partial charge on any atom is 0.246 e. The molecule has 0 saturated heterocycles. The van der Waals surface area contributed by atoms with Crippen molar-refractivity contribution >= 4 is 17.5 Å². The summed E-state index contributed by atoms with van der Waals surface area (Å²) in [6, 6.07) is 7.84. The van der Waals surface area contributed by atoms with Crippen LogP contribution in [-0.2, 0) is 11.2 Å². The average molecular weight is 252 g/mol. The molecule has 0 atom stereocenters. The summed E-state index contributed by atoms with van der Waals surface area (Å²) < 4.78 is 0. The maximum atomic E-state index is 11.4. The Morgan fingerprint density at radius 2 is 2.00 bits per heavy atom. The standard InChI is InChI=1S/C14H18ClNO/c1-3-12(14(17)16-2)6-4-5-11-7-9-13(15)10-8-11/h3,7-10H,4-6H2,1-2H3,(H,16,17)/b12-3+. The second kappa shape index (κ2) is 7.13. The summed E-state index contributed by atoms with van der Waals surface area (Å²) in [5.41, 5.74) is 2.10. The maximum absolute atomic E-state index is 11.4. The van der Waals surface area contributed by atoms with Gasteiger partial charge in [0.25, 0.3) is 0 Å². The van der Waals surface area contributed by atoms with E-state index in [4.69, 9.17) is 11.6 Å².